The molecule has 2 N–H and O–H groups in total. The molecule has 24 heavy (non-hydrogen) atoms. The van der Waals surface area contributed by atoms with Gasteiger partial charge in [-0.05, 0) is 56.0 Å². The van der Waals surface area contributed by atoms with Crippen molar-refractivity contribution in [3.05, 3.63) is 46.2 Å². The van der Waals surface area contributed by atoms with Crippen LogP contribution in [-0.2, 0) is 4.74 Å². The molecule has 0 saturated heterocycles. The molecule has 1 aliphatic rings. The zero-order valence-electron chi connectivity index (χ0n) is 14.1. The average molecular weight is 324 g/mol. The highest BCUT2D eigenvalue weighted by molar-refractivity contribution is 6.13. The van der Waals surface area contributed by atoms with Gasteiger partial charge in [-0.25, -0.2) is 4.98 Å². The molecule has 0 saturated carbocycles. The molecule has 2 aromatic rings. The van der Waals surface area contributed by atoms with Gasteiger partial charge in [0, 0.05) is 10.9 Å². The second-order valence-corrected chi connectivity index (χ2v) is 6.14. The van der Waals surface area contributed by atoms with Crippen molar-refractivity contribution >= 4 is 28.2 Å². The number of hydrogen-bond acceptors (Lipinski definition) is 4. The first kappa shape index (κ1) is 16.3. The summed E-state index contributed by atoms with van der Waals surface area (Å²) in [4.78, 5) is 29.0. The molecule has 0 atom stereocenters. The fourth-order valence-electron chi connectivity index (χ4n) is 3.25. The third kappa shape index (κ3) is 2.71. The molecule has 0 spiro atoms. The lowest BCUT2D eigenvalue weighted by molar-refractivity contribution is 0.0996. The fraction of sp³-hybridized carbons (Fsp3) is 0.316. The number of ether oxygens (including phenoxy) is 1. The predicted molar refractivity (Wildman–Crippen MR) is 93.2 cm³/mol. The quantitative estimate of drug-likeness (QED) is 0.880. The molecule has 3 rings (SSSR count). The van der Waals surface area contributed by atoms with Crippen molar-refractivity contribution in [1.82, 2.24) is 4.98 Å². The first-order valence-corrected chi connectivity index (χ1v) is 7.93. The minimum atomic E-state index is -0.506. The van der Waals surface area contributed by atoms with Crippen LogP contribution in [0.5, 0.6) is 0 Å². The van der Waals surface area contributed by atoms with Crippen molar-refractivity contribution in [3.63, 3.8) is 0 Å². The summed E-state index contributed by atoms with van der Waals surface area (Å²) in [7, 11) is 0. The second kappa shape index (κ2) is 6.17. The molecule has 0 bridgehead atoms. The number of amides is 1. The molecule has 2 heterocycles. The highest BCUT2D eigenvalue weighted by Crippen LogP contribution is 2.31. The Kier molecular flexibility index (Phi) is 4.20. The van der Waals surface area contributed by atoms with E-state index in [1.54, 1.807) is 6.07 Å². The third-order valence-electron chi connectivity index (χ3n) is 4.37. The summed E-state index contributed by atoms with van der Waals surface area (Å²) in [5.74, 6) is -0.587. The topological polar surface area (TPSA) is 82.3 Å². The summed E-state index contributed by atoms with van der Waals surface area (Å²) in [5, 5.41) is 0.640. The second-order valence-electron chi connectivity index (χ2n) is 6.14. The van der Waals surface area contributed by atoms with Crippen LogP contribution in [-0.4, -0.2) is 29.9 Å². The van der Waals surface area contributed by atoms with E-state index in [4.69, 9.17) is 15.5 Å². The molecule has 0 radical (unpaired) electrons. The molecule has 1 aromatic carbocycles. The number of fused-ring (bicyclic) bond motifs is 1. The van der Waals surface area contributed by atoms with Crippen molar-refractivity contribution in [2.45, 2.75) is 27.2 Å². The number of nitrogens with two attached hydrogens (primary N) is 1. The van der Waals surface area contributed by atoms with E-state index in [1.807, 2.05) is 26.0 Å². The predicted octanol–water partition coefficient (Wildman–Crippen LogP) is 2.96. The number of benzene rings is 1. The normalized spacial score (nSPS) is 14.5. The van der Waals surface area contributed by atoms with Gasteiger partial charge in [0.2, 0.25) is 5.91 Å². The van der Waals surface area contributed by atoms with Gasteiger partial charge in [0.05, 0.1) is 30.0 Å². The molecule has 0 fully saturated rings. The number of rotatable bonds is 3. The van der Waals surface area contributed by atoms with E-state index in [0.29, 0.717) is 35.2 Å². The minimum Gasteiger partial charge on any atom is -0.377 e. The number of Topliss-reactive ketones (excluding diaryl/α,β-unsaturated/α-hetero) is 1. The summed E-state index contributed by atoms with van der Waals surface area (Å²) in [6, 6.07) is 3.67. The van der Waals surface area contributed by atoms with E-state index in [2.05, 4.69) is 0 Å². The molecule has 5 heteroatoms. The molecule has 1 aliphatic heterocycles. The highest BCUT2D eigenvalue weighted by atomic mass is 16.5. The lowest BCUT2D eigenvalue weighted by atomic mass is 9.92. The van der Waals surface area contributed by atoms with E-state index in [9.17, 15) is 9.59 Å². The van der Waals surface area contributed by atoms with Gasteiger partial charge in [-0.15, -0.1) is 0 Å². The number of carbonyl (C=O) groups is 2. The van der Waals surface area contributed by atoms with Gasteiger partial charge in [-0.3, -0.25) is 9.59 Å². The van der Waals surface area contributed by atoms with E-state index >= 15 is 0 Å². The van der Waals surface area contributed by atoms with Gasteiger partial charge in [-0.2, -0.15) is 0 Å². The SMILES string of the molecule is CC(=O)c1cc(C)cc2c(C(N)=O)c(C)c(C3=CCOCC3)nc12. The zero-order valence-corrected chi connectivity index (χ0v) is 14.1. The van der Waals surface area contributed by atoms with Crippen LogP contribution in [0.25, 0.3) is 16.5 Å². The number of hydrogen-bond donors (Lipinski definition) is 1. The number of pyridine rings is 1. The summed E-state index contributed by atoms with van der Waals surface area (Å²) in [6.45, 7) is 6.39. The van der Waals surface area contributed by atoms with E-state index < -0.39 is 5.91 Å². The van der Waals surface area contributed by atoms with E-state index in [0.717, 1.165) is 28.8 Å². The average Bonchev–Trinajstić information content (AvgIpc) is 2.53. The maximum Gasteiger partial charge on any atom is 0.249 e. The standard InChI is InChI=1S/C19H20N2O3/c1-10-8-14(12(3)22)18-15(9-10)16(19(20)23)11(2)17(21-18)13-4-6-24-7-5-13/h4,8-9H,5-7H2,1-3H3,(H2,20,23). The number of aryl methyl sites for hydroxylation is 1. The smallest absolute Gasteiger partial charge is 0.249 e. The highest BCUT2D eigenvalue weighted by Gasteiger charge is 2.21. The van der Waals surface area contributed by atoms with Gasteiger partial charge < -0.3 is 10.5 Å². The van der Waals surface area contributed by atoms with Gasteiger partial charge in [0.25, 0.3) is 0 Å². The van der Waals surface area contributed by atoms with E-state index in [-0.39, 0.29) is 5.78 Å². The van der Waals surface area contributed by atoms with Crippen LogP contribution in [0.15, 0.2) is 18.2 Å². The first-order chi connectivity index (χ1) is 11.4. The maximum absolute atomic E-state index is 12.1. The summed E-state index contributed by atoms with van der Waals surface area (Å²) in [5.41, 5.74) is 10.6. The zero-order chi connectivity index (χ0) is 17.4. The van der Waals surface area contributed by atoms with E-state index in [1.165, 1.54) is 6.92 Å². The van der Waals surface area contributed by atoms with Crippen molar-refractivity contribution in [2.75, 3.05) is 13.2 Å². The maximum atomic E-state index is 12.1. The summed E-state index contributed by atoms with van der Waals surface area (Å²) >= 11 is 0. The molecule has 0 unspecified atom stereocenters. The number of carbonyl (C=O) groups excluding carboxylic acids is 2. The molecular formula is C19H20N2O3. The number of nitrogens with zero attached hydrogens (tertiary/aromatic N) is 1. The van der Waals surface area contributed by atoms with Crippen molar-refractivity contribution in [3.8, 4) is 0 Å². The van der Waals surface area contributed by atoms with Crippen LogP contribution in [0.2, 0.25) is 0 Å². The Bertz CT molecular complexity index is 897. The van der Waals surface area contributed by atoms with Gasteiger partial charge >= 0.3 is 0 Å². The fourth-order valence-corrected chi connectivity index (χ4v) is 3.25. The molecule has 5 nitrogen and oxygen atoms in total. The van der Waals surface area contributed by atoms with Gasteiger partial charge in [0.1, 0.15) is 0 Å². The molecule has 124 valence electrons. The van der Waals surface area contributed by atoms with Crippen molar-refractivity contribution in [2.24, 2.45) is 5.73 Å². The largest absolute Gasteiger partial charge is 0.377 e. The molecule has 0 aliphatic carbocycles. The van der Waals surface area contributed by atoms with Crippen LogP contribution >= 0.6 is 0 Å². The first-order valence-electron chi connectivity index (χ1n) is 7.93. The van der Waals surface area contributed by atoms with Gasteiger partial charge in [-0.1, -0.05) is 6.08 Å². The summed E-state index contributed by atoms with van der Waals surface area (Å²) in [6.07, 6.45) is 2.69. The van der Waals surface area contributed by atoms with Crippen LogP contribution in [0, 0.1) is 13.8 Å². The van der Waals surface area contributed by atoms with Crippen LogP contribution < -0.4 is 5.73 Å². The van der Waals surface area contributed by atoms with Crippen LogP contribution in [0.3, 0.4) is 0 Å². The Labute approximate surface area is 140 Å². The Balaban J connectivity index is 2.43. The van der Waals surface area contributed by atoms with Crippen molar-refractivity contribution in [1.29, 1.82) is 0 Å². The Morgan fingerprint density at radius 2 is 2.00 bits per heavy atom. The Morgan fingerprint density at radius 3 is 2.58 bits per heavy atom. The number of primary amides is 1. The van der Waals surface area contributed by atoms with Crippen LogP contribution in [0.1, 0.15) is 50.9 Å². The lowest BCUT2D eigenvalue weighted by Crippen LogP contribution is -2.17. The Morgan fingerprint density at radius 1 is 1.25 bits per heavy atom. The lowest BCUT2D eigenvalue weighted by Gasteiger charge is -2.19. The monoisotopic (exact) mass is 324 g/mol. The molecule has 1 aromatic heterocycles. The molecule has 1 amide bonds. The number of aromatic nitrogens is 1. The van der Waals surface area contributed by atoms with Crippen LogP contribution in [0.4, 0.5) is 0 Å². The Hall–Kier alpha value is -2.53. The third-order valence-corrected chi connectivity index (χ3v) is 4.37. The minimum absolute atomic E-state index is 0.0811. The summed E-state index contributed by atoms with van der Waals surface area (Å²) < 4.78 is 5.35. The number of ketones is 1. The molecular weight excluding hydrogens is 304 g/mol. The van der Waals surface area contributed by atoms with Gasteiger partial charge in [0.15, 0.2) is 5.78 Å². The van der Waals surface area contributed by atoms with Crippen molar-refractivity contribution < 1.29 is 14.3 Å².